The molecule has 1 aliphatic heterocycles. The molecule has 1 rings (SSSR count). The van der Waals surface area contributed by atoms with E-state index in [1.165, 1.54) is 5.57 Å². The highest BCUT2D eigenvalue weighted by Gasteiger charge is 2.16. The number of hydrogen-bond acceptors (Lipinski definition) is 2. The first-order valence-electron chi connectivity index (χ1n) is 4.42. The number of carbonyl (C=O) groups excluding carboxylic acids is 1. The minimum atomic E-state index is 0.170. The quantitative estimate of drug-likeness (QED) is 0.590. The minimum absolute atomic E-state index is 0.170. The maximum absolute atomic E-state index is 10.8. The van der Waals surface area contributed by atoms with Gasteiger partial charge in [0.15, 0.2) is 0 Å². The van der Waals surface area contributed by atoms with Gasteiger partial charge in [0.2, 0.25) is 0 Å². The van der Waals surface area contributed by atoms with Gasteiger partial charge >= 0.3 is 0 Å². The second-order valence-corrected chi connectivity index (χ2v) is 3.56. The van der Waals surface area contributed by atoms with Gasteiger partial charge < -0.3 is 4.74 Å². The molecular formula is C10H16O2. The van der Waals surface area contributed by atoms with E-state index >= 15 is 0 Å². The van der Waals surface area contributed by atoms with Crippen molar-refractivity contribution < 1.29 is 9.53 Å². The third kappa shape index (κ3) is 2.78. The topological polar surface area (TPSA) is 26.3 Å². The lowest BCUT2D eigenvalue weighted by atomic mass is 9.99. The molecule has 0 bridgehead atoms. The molecule has 0 spiro atoms. The Labute approximate surface area is 73.6 Å². The SMILES string of the molecule is CC(=O)CC1=CC(C)OC(C)C1. The van der Waals surface area contributed by atoms with Crippen molar-refractivity contribution in [2.45, 2.75) is 45.8 Å². The van der Waals surface area contributed by atoms with E-state index in [2.05, 4.69) is 6.08 Å². The Morgan fingerprint density at radius 3 is 2.83 bits per heavy atom. The van der Waals surface area contributed by atoms with Crippen molar-refractivity contribution in [3.63, 3.8) is 0 Å². The molecule has 12 heavy (non-hydrogen) atoms. The molecule has 0 N–H and O–H groups in total. The summed E-state index contributed by atoms with van der Waals surface area (Å²) in [4.78, 5) is 10.8. The Morgan fingerprint density at radius 1 is 1.67 bits per heavy atom. The van der Waals surface area contributed by atoms with Crippen molar-refractivity contribution in [2.75, 3.05) is 0 Å². The van der Waals surface area contributed by atoms with Crippen LogP contribution in [0.15, 0.2) is 11.6 Å². The summed E-state index contributed by atoms with van der Waals surface area (Å²) in [5, 5.41) is 0. The summed E-state index contributed by atoms with van der Waals surface area (Å²) in [6.45, 7) is 5.69. The van der Waals surface area contributed by atoms with Crippen LogP contribution in [0.4, 0.5) is 0 Å². The highest BCUT2D eigenvalue weighted by molar-refractivity contribution is 5.78. The Bertz CT molecular complexity index is 206. The molecule has 1 aliphatic rings. The average Bonchev–Trinajstić information content (AvgIpc) is 1.81. The van der Waals surface area contributed by atoms with Crippen LogP contribution in [-0.4, -0.2) is 18.0 Å². The molecule has 2 unspecified atom stereocenters. The van der Waals surface area contributed by atoms with E-state index in [1.54, 1.807) is 6.92 Å². The number of ketones is 1. The van der Waals surface area contributed by atoms with Crippen molar-refractivity contribution in [1.82, 2.24) is 0 Å². The highest BCUT2D eigenvalue weighted by atomic mass is 16.5. The molecule has 0 aromatic carbocycles. The third-order valence-corrected chi connectivity index (χ3v) is 1.94. The molecule has 0 aliphatic carbocycles. The van der Waals surface area contributed by atoms with Crippen molar-refractivity contribution in [3.8, 4) is 0 Å². The molecule has 2 atom stereocenters. The number of carbonyl (C=O) groups is 1. The molecule has 2 heteroatoms. The largest absolute Gasteiger partial charge is 0.371 e. The van der Waals surface area contributed by atoms with Gasteiger partial charge in [-0.3, -0.25) is 4.79 Å². The average molecular weight is 168 g/mol. The van der Waals surface area contributed by atoms with E-state index in [-0.39, 0.29) is 18.0 Å². The van der Waals surface area contributed by atoms with Crippen LogP contribution in [0.25, 0.3) is 0 Å². The normalized spacial score (nSPS) is 29.8. The Kier molecular flexibility index (Phi) is 3.04. The molecule has 0 aromatic rings. The summed E-state index contributed by atoms with van der Waals surface area (Å²) >= 11 is 0. The fourth-order valence-corrected chi connectivity index (χ4v) is 1.67. The summed E-state index contributed by atoms with van der Waals surface area (Å²) in [6, 6.07) is 0. The lowest BCUT2D eigenvalue weighted by Crippen LogP contribution is -2.22. The summed E-state index contributed by atoms with van der Waals surface area (Å²) in [7, 11) is 0. The summed E-state index contributed by atoms with van der Waals surface area (Å²) in [5.41, 5.74) is 1.23. The van der Waals surface area contributed by atoms with E-state index in [1.807, 2.05) is 13.8 Å². The van der Waals surface area contributed by atoms with Crippen LogP contribution in [0.2, 0.25) is 0 Å². The van der Waals surface area contributed by atoms with Gasteiger partial charge in [0, 0.05) is 6.42 Å². The molecule has 0 saturated heterocycles. The Balaban J connectivity index is 2.57. The van der Waals surface area contributed by atoms with Crippen LogP contribution < -0.4 is 0 Å². The predicted molar refractivity (Wildman–Crippen MR) is 48.0 cm³/mol. The van der Waals surface area contributed by atoms with Crippen LogP contribution in [-0.2, 0) is 9.53 Å². The van der Waals surface area contributed by atoms with E-state index in [0.29, 0.717) is 6.42 Å². The molecule has 0 amide bonds. The predicted octanol–water partition coefficient (Wildman–Crippen LogP) is 2.09. The summed E-state index contributed by atoms with van der Waals surface area (Å²) < 4.78 is 5.51. The van der Waals surface area contributed by atoms with Crippen molar-refractivity contribution in [2.24, 2.45) is 0 Å². The fraction of sp³-hybridized carbons (Fsp3) is 0.700. The van der Waals surface area contributed by atoms with Crippen LogP contribution in [0, 0.1) is 0 Å². The Morgan fingerprint density at radius 2 is 2.33 bits per heavy atom. The number of ether oxygens (including phenoxy) is 1. The molecule has 68 valence electrons. The van der Waals surface area contributed by atoms with Gasteiger partial charge in [-0.1, -0.05) is 11.6 Å². The minimum Gasteiger partial charge on any atom is -0.371 e. The number of hydrogen-bond donors (Lipinski definition) is 0. The van der Waals surface area contributed by atoms with Crippen molar-refractivity contribution >= 4 is 5.78 Å². The van der Waals surface area contributed by atoms with Gasteiger partial charge in [0.25, 0.3) is 0 Å². The molecule has 0 radical (unpaired) electrons. The Hall–Kier alpha value is -0.630. The molecule has 0 aromatic heterocycles. The van der Waals surface area contributed by atoms with Gasteiger partial charge in [0.05, 0.1) is 12.2 Å². The zero-order chi connectivity index (χ0) is 9.14. The van der Waals surface area contributed by atoms with E-state index in [9.17, 15) is 4.79 Å². The smallest absolute Gasteiger partial charge is 0.133 e. The highest BCUT2D eigenvalue weighted by Crippen LogP contribution is 2.21. The van der Waals surface area contributed by atoms with Crippen molar-refractivity contribution in [3.05, 3.63) is 11.6 Å². The second-order valence-electron chi connectivity index (χ2n) is 3.56. The van der Waals surface area contributed by atoms with Crippen LogP contribution >= 0.6 is 0 Å². The van der Waals surface area contributed by atoms with Crippen molar-refractivity contribution in [1.29, 1.82) is 0 Å². The first-order chi connectivity index (χ1) is 5.58. The first-order valence-corrected chi connectivity index (χ1v) is 4.42. The lowest BCUT2D eigenvalue weighted by Gasteiger charge is -2.24. The first kappa shape index (κ1) is 9.46. The molecule has 2 nitrogen and oxygen atoms in total. The van der Waals surface area contributed by atoms with Gasteiger partial charge in [-0.05, 0) is 27.2 Å². The fourth-order valence-electron chi connectivity index (χ4n) is 1.67. The van der Waals surface area contributed by atoms with Gasteiger partial charge in [-0.15, -0.1) is 0 Å². The molecule has 0 fully saturated rings. The van der Waals surface area contributed by atoms with Gasteiger partial charge in [-0.25, -0.2) is 0 Å². The monoisotopic (exact) mass is 168 g/mol. The number of rotatable bonds is 2. The summed E-state index contributed by atoms with van der Waals surface area (Å²) in [5.74, 6) is 0.238. The summed E-state index contributed by atoms with van der Waals surface area (Å²) in [6.07, 6.45) is 3.99. The zero-order valence-corrected chi connectivity index (χ0v) is 7.96. The number of Topliss-reactive ketones (excluding diaryl/α,β-unsaturated/α-hetero) is 1. The maximum atomic E-state index is 10.8. The van der Waals surface area contributed by atoms with Crippen LogP contribution in [0.1, 0.15) is 33.6 Å². The zero-order valence-electron chi connectivity index (χ0n) is 7.96. The van der Waals surface area contributed by atoms with E-state index < -0.39 is 0 Å². The second kappa shape index (κ2) is 3.85. The maximum Gasteiger partial charge on any atom is 0.133 e. The van der Waals surface area contributed by atoms with Crippen LogP contribution in [0.5, 0.6) is 0 Å². The van der Waals surface area contributed by atoms with Crippen LogP contribution in [0.3, 0.4) is 0 Å². The van der Waals surface area contributed by atoms with Gasteiger partial charge in [-0.2, -0.15) is 0 Å². The lowest BCUT2D eigenvalue weighted by molar-refractivity contribution is -0.116. The van der Waals surface area contributed by atoms with Gasteiger partial charge in [0.1, 0.15) is 5.78 Å². The molecule has 1 heterocycles. The molecular weight excluding hydrogens is 152 g/mol. The van der Waals surface area contributed by atoms with E-state index in [4.69, 9.17) is 4.74 Å². The molecule has 0 saturated carbocycles. The van der Waals surface area contributed by atoms with E-state index in [0.717, 1.165) is 6.42 Å². The third-order valence-electron chi connectivity index (χ3n) is 1.94. The standard InChI is InChI=1S/C10H16O2/c1-7(11)4-10-5-8(2)12-9(3)6-10/h5,8-9H,4,6H2,1-3H3.